The van der Waals surface area contributed by atoms with Crippen LogP contribution in [0.4, 0.5) is 0 Å². The topological polar surface area (TPSA) is 32.8 Å². The highest BCUT2D eigenvalue weighted by atomic mass is 16.5. The number of nitrogens with zero attached hydrogens (tertiary/aromatic N) is 2. The number of likely N-dealkylation sites (tertiary alicyclic amines) is 1. The van der Waals surface area contributed by atoms with Crippen LogP contribution in [0.3, 0.4) is 0 Å². The molecule has 1 heterocycles. The molecule has 1 aliphatic heterocycles. The van der Waals surface area contributed by atoms with Crippen molar-refractivity contribution < 1.29 is 9.53 Å². The van der Waals surface area contributed by atoms with Crippen molar-refractivity contribution >= 4 is 5.91 Å². The van der Waals surface area contributed by atoms with Gasteiger partial charge in [0, 0.05) is 25.7 Å². The number of ether oxygens (including phenoxy) is 1. The van der Waals surface area contributed by atoms with E-state index in [1.54, 1.807) is 12.0 Å². The second kappa shape index (κ2) is 8.17. The van der Waals surface area contributed by atoms with Crippen LogP contribution < -0.4 is 4.74 Å². The normalized spacial score (nSPS) is 14.5. The first-order chi connectivity index (χ1) is 12.2. The third kappa shape index (κ3) is 4.60. The molecule has 1 fully saturated rings. The number of hydrogen-bond donors (Lipinski definition) is 0. The molecule has 0 bridgehead atoms. The Bertz CT molecular complexity index is 689. The van der Waals surface area contributed by atoms with Crippen molar-refractivity contribution in [3.8, 4) is 5.75 Å². The number of hydrogen-bond acceptors (Lipinski definition) is 3. The van der Waals surface area contributed by atoms with Gasteiger partial charge in [-0.3, -0.25) is 9.69 Å². The van der Waals surface area contributed by atoms with Crippen molar-refractivity contribution in [1.82, 2.24) is 9.80 Å². The first-order valence-corrected chi connectivity index (χ1v) is 8.85. The van der Waals surface area contributed by atoms with Gasteiger partial charge < -0.3 is 9.64 Å². The van der Waals surface area contributed by atoms with Gasteiger partial charge in [0.25, 0.3) is 5.91 Å². The smallest absolute Gasteiger partial charge is 0.253 e. The van der Waals surface area contributed by atoms with Crippen LogP contribution in [-0.2, 0) is 13.1 Å². The number of benzene rings is 2. The van der Waals surface area contributed by atoms with E-state index in [1.807, 2.05) is 43.4 Å². The Labute approximate surface area is 150 Å². The lowest BCUT2D eigenvalue weighted by atomic mass is 10.1. The van der Waals surface area contributed by atoms with Gasteiger partial charge in [0.15, 0.2) is 0 Å². The fraction of sp³-hybridized carbons (Fsp3) is 0.381. The largest absolute Gasteiger partial charge is 0.497 e. The lowest BCUT2D eigenvalue weighted by Crippen LogP contribution is -2.26. The highest BCUT2D eigenvalue weighted by Crippen LogP contribution is 2.16. The van der Waals surface area contributed by atoms with E-state index < -0.39 is 0 Å². The summed E-state index contributed by atoms with van der Waals surface area (Å²) in [6.45, 7) is 3.94. The molecule has 0 unspecified atom stereocenters. The summed E-state index contributed by atoms with van der Waals surface area (Å²) in [4.78, 5) is 16.8. The highest BCUT2D eigenvalue weighted by Gasteiger charge is 2.14. The Morgan fingerprint density at radius 3 is 2.20 bits per heavy atom. The first kappa shape index (κ1) is 17.5. The molecular formula is C21H26N2O2. The summed E-state index contributed by atoms with van der Waals surface area (Å²) in [5.41, 5.74) is 3.10. The zero-order chi connectivity index (χ0) is 17.6. The molecule has 1 saturated heterocycles. The van der Waals surface area contributed by atoms with Crippen molar-refractivity contribution in [3.63, 3.8) is 0 Å². The molecule has 0 aromatic heterocycles. The number of methoxy groups -OCH3 is 1. The van der Waals surface area contributed by atoms with Gasteiger partial charge in [-0.25, -0.2) is 0 Å². The predicted octanol–water partition coefficient (Wildman–Crippen LogP) is 3.56. The van der Waals surface area contributed by atoms with Crippen LogP contribution in [0.15, 0.2) is 48.5 Å². The minimum Gasteiger partial charge on any atom is -0.497 e. The van der Waals surface area contributed by atoms with Gasteiger partial charge in [0.2, 0.25) is 0 Å². The molecule has 0 radical (unpaired) electrons. The van der Waals surface area contributed by atoms with Crippen LogP contribution in [0.2, 0.25) is 0 Å². The van der Waals surface area contributed by atoms with Crippen molar-refractivity contribution in [2.24, 2.45) is 0 Å². The quantitative estimate of drug-likeness (QED) is 0.807. The van der Waals surface area contributed by atoms with E-state index >= 15 is 0 Å². The summed E-state index contributed by atoms with van der Waals surface area (Å²) in [6.07, 6.45) is 2.60. The number of amides is 1. The van der Waals surface area contributed by atoms with Gasteiger partial charge in [-0.15, -0.1) is 0 Å². The van der Waals surface area contributed by atoms with Crippen molar-refractivity contribution in [2.75, 3.05) is 27.2 Å². The van der Waals surface area contributed by atoms with Gasteiger partial charge in [-0.1, -0.05) is 24.3 Å². The van der Waals surface area contributed by atoms with E-state index in [2.05, 4.69) is 17.0 Å². The molecule has 1 amide bonds. The van der Waals surface area contributed by atoms with Crippen LogP contribution in [0.25, 0.3) is 0 Å². The Morgan fingerprint density at radius 1 is 1.00 bits per heavy atom. The maximum Gasteiger partial charge on any atom is 0.253 e. The highest BCUT2D eigenvalue weighted by molar-refractivity contribution is 5.94. The summed E-state index contributed by atoms with van der Waals surface area (Å²) in [7, 11) is 3.49. The minimum atomic E-state index is 0.0449. The number of carbonyl (C=O) groups is 1. The van der Waals surface area contributed by atoms with Crippen molar-refractivity contribution in [1.29, 1.82) is 0 Å². The summed E-state index contributed by atoms with van der Waals surface area (Å²) >= 11 is 0. The molecule has 25 heavy (non-hydrogen) atoms. The maximum absolute atomic E-state index is 12.6. The SMILES string of the molecule is COc1ccc(CN(C)C(=O)c2ccc(CN3CCCC3)cc2)cc1. The van der Waals surface area contributed by atoms with Crippen molar-refractivity contribution in [2.45, 2.75) is 25.9 Å². The lowest BCUT2D eigenvalue weighted by Gasteiger charge is -2.18. The standard InChI is InChI=1S/C21H26N2O2/c1-22(15-17-7-11-20(25-2)12-8-17)21(24)19-9-5-18(6-10-19)16-23-13-3-4-14-23/h5-12H,3-4,13-16H2,1-2H3. The molecule has 0 spiro atoms. The first-order valence-electron chi connectivity index (χ1n) is 8.85. The number of rotatable bonds is 6. The molecule has 2 aromatic carbocycles. The summed E-state index contributed by atoms with van der Waals surface area (Å²) in [6, 6.07) is 15.8. The van der Waals surface area contributed by atoms with Crippen LogP contribution in [0.1, 0.15) is 34.3 Å². The Morgan fingerprint density at radius 2 is 1.60 bits per heavy atom. The van der Waals surface area contributed by atoms with E-state index in [-0.39, 0.29) is 5.91 Å². The van der Waals surface area contributed by atoms with Gasteiger partial charge >= 0.3 is 0 Å². The molecule has 4 heteroatoms. The molecule has 0 N–H and O–H groups in total. The van der Waals surface area contributed by atoms with E-state index in [0.717, 1.165) is 23.4 Å². The Kier molecular flexibility index (Phi) is 5.71. The van der Waals surface area contributed by atoms with Gasteiger partial charge in [-0.05, 0) is 61.3 Å². The van der Waals surface area contributed by atoms with Crippen LogP contribution in [-0.4, -0.2) is 43.0 Å². The van der Waals surface area contributed by atoms with E-state index in [4.69, 9.17) is 4.74 Å². The number of carbonyl (C=O) groups excluding carboxylic acids is 1. The predicted molar refractivity (Wildman–Crippen MR) is 99.7 cm³/mol. The van der Waals surface area contributed by atoms with Gasteiger partial charge in [0.1, 0.15) is 5.75 Å². The second-order valence-corrected chi connectivity index (χ2v) is 6.69. The summed E-state index contributed by atoms with van der Waals surface area (Å²) < 4.78 is 5.17. The zero-order valence-corrected chi connectivity index (χ0v) is 15.1. The molecule has 0 saturated carbocycles. The van der Waals surface area contributed by atoms with Crippen LogP contribution in [0.5, 0.6) is 5.75 Å². The zero-order valence-electron chi connectivity index (χ0n) is 15.1. The maximum atomic E-state index is 12.6. The fourth-order valence-corrected chi connectivity index (χ4v) is 3.25. The molecular weight excluding hydrogens is 312 g/mol. The second-order valence-electron chi connectivity index (χ2n) is 6.69. The molecule has 0 aliphatic carbocycles. The van der Waals surface area contributed by atoms with E-state index in [0.29, 0.717) is 6.54 Å². The van der Waals surface area contributed by atoms with Gasteiger partial charge in [0.05, 0.1) is 7.11 Å². The third-order valence-corrected chi connectivity index (χ3v) is 4.73. The molecule has 3 rings (SSSR count). The summed E-state index contributed by atoms with van der Waals surface area (Å²) in [5, 5.41) is 0. The van der Waals surface area contributed by atoms with Gasteiger partial charge in [-0.2, -0.15) is 0 Å². The molecule has 2 aromatic rings. The lowest BCUT2D eigenvalue weighted by molar-refractivity contribution is 0.0785. The average Bonchev–Trinajstić information content (AvgIpc) is 3.15. The molecule has 1 aliphatic rings. The van der Waals surface area contributed by atoms with Crippen molar-refractivity contribution in [3.05, 3.63) is 65.2 Å². The fourth-order valence-electron chi connectivity index (χ4n) is 3.25. The Balaban J connectivity index is 1.58. The van der Waals surface area contributed by atoms with E-state index in [1.165, 1.54) is 31.5 Å². The third-order valence-electron chi connectivity index (χ3n) is 4.73. The Hall–Kier alpha value is -2.33. The molecule has 4 nitrogen and oxygen atoms in total. The van der Waals surface area contributed by atoms with Crippen LogP contribution >= 0.6 is 0 Å². The molecule has 0 atom stereocenters. The monoisotopic (exact) mass is 338 g/mol. The minimum absolute atomic E-state index is 0.0449. The summed E-state index contributed by atoms with van der Waals surface area (Å²) in [5.74, 6) is 0.870. The van der Waals surface area contributed by atoms with E-state index in [9.17, 15) is 4.79 Å². The average molecular weight is 338 g/mol. The molecule has 132 valence electrons. The van der Waals surface area contributed by atoms with Crippen LogP contribution in [0, 0.1) is 0 Å².